The van der Waals surface area contributed by atoms with Crippen LogP contribution in [0.2, 0.25) is 5.02 Å². The topological polar surface area (TPSA) is 61.4 Å². The molecule has 0 radical (unpaired) electrons. The summed E-state index contributed by atoms with van der Waals surface area (Å²) in [6.07, 6.45) is -5.53. The van der Waals surface area contributed by atoms with Gasteiger partial charge in [-0.15, -0.1) is 0 Å². The molecule has 0 unspecified atom stereocenters. The van der Waals surface area contributed by atoms with Crippen molar-refractivity contribution in [1.82, 2.24) is 15.5 Å². The van der Waals surface area contributed by atoms with Gasteiger partial charge < -0.3 is 10.6 Å². The van der Waals surface area contributed by atoms with E-state index in [9.17, 15) is 22.8 Å². The van der Waals surface area contributed by atoms with E-state index in [1.807, 2.05) is 0 Å². The molecule has 2 rings (SSSR count). The zero-order chi connectivity index (χ0) is 17.0. The molecule has 0 spiro atoms. The normalized spacial score (nSPS) is 16.3. The van der Waals surface area contributed by atoms with E-state index in [1.54, 1.807) is 0 Å². The number of amides is 3. The molecule has 1 saturated heterocycles. The maximum absolute atomic E-state index is 12.7. The molecule has 1 aliphatic heterocycles. The average Bonchev–Trinajstić information content (AvgIpc) is 2.89. The molecular formula is C14H15ClF3N3O2. The van der Waals surface area contributed by atoms with Crippen LogP contribution >= 0.6 is 11.6 Å². The number of carbonyl (C=O) groups excluding carboxylic acids is 2. The standard InChI is InChI=1S/C14H15ClF3N3O2/c15-10-3-1-9(2-4-10)11(7-14(16,17)18)20-8-12(22)21-6-5-19-13(21)23/h1-4,11,20H,5-8H2,(H,19,23)/t11-/m0/s1. The van der Waals surface area contributed by atoms with Crippen LogP contribution in [-0.2, 0) is 4.79 Å². The average molecular weight is 350 g/mol. The number of hydrogen-bond donors (Lipinski definition) is 2. The molecule has 1 aromatic rings. The second kappa shape index (κ2) is 7.18. The molecule has 1 fully saturated rings. The zero-order valence-electron chi connectivity index (χ0n) is 12.0. The Labute approximate surface area is 135 Å². The van der Waals surface area contributed by atoms with Gasteiger partial charge in [0.1, 0.15) is 0 Å². The molecule has 3 amide bonds. The molecule has 23 heavy (non-hydrogen) atoms. The Bertz CT molecular complexity index is 578. The van der Waals surface area contributed by atoms with Crippen molar-refractivity contribution in [2.75, 3.05) is 19.6 Å². The van der Waals surface area contributed by atoms with E-state index in [-0.39, 0.29) is 13.1 Å². The smallest absolute Gasteiger partial charge is 0.336 e. The Kier molecular flexibility index (Phi) is 5.48. The summed E-state index contributed by atoms with van der Waals surface area (Å²) >= 11 is 5.73. The van der Waals surface area contributed by atoms with Gasteiger partial charge in [-0.2, -0.15) is 13.2 Å². The minimum absolute atomic E-state index is 0.213. The number of carbonyl (C=O) groups is 2. The largest absolute Gasteiger partial charge is 0.390 e. The van der Waals surface area contributed by atoms with Crippen molar-refractivity contribution in [1.29, 1.82) is 0 Å². The Hall–Kier alpha value is -1.80. The first-order valence-corrected chi connectivity index (χ1v) is 7.28. The number of rotatable bonds is 5. The number of urea groups is 1. The molecule has 1 aromatic carbocycles. The van der Waals surface area contributed by atoms with E-state index < -0.39 is 30.6 Å². The fraction of sp³-hybridized carbons (Fsp3) is 0.429. The lowest BCUT2D eigenvalue weighted by Crippen LogP contribution is -2.41. The van der Waals surface area contributed by atoms with Crippen molar-refractivity contribution in [3.63, 3.8) is 0 Å². The lowest BCUT2D eigenvalue weighted by molar-refractivity contribution is -0.142. The minimum Gasteiger partial charge on any atom is -0.336 e. The second-order valence-electron chi connectivity index (χ2n) is 5.08. The van der Waals surface area contributed by atoms with Gasteiger partial charge in [-0.1, -0.05) is 23.7 Å². The minimum atomic E-state index is -4.40. The summed E-state index contributed by atoms with van der Waals surface area (Å²) in [4.78, 5) is 24.3. The summed E-state index contributed by atoms with van der Waals surface area (Å²) in [7, 11) is 0. The highest BCUT2D eigenvalue weighted by Gasteiger charge is 2.33. The van der Waals surface area contributed by atoms with Crippen LogP contribution in [0.3, 0.4) is 0 Å². The molecule has 9 heteroatoms. The quantitative estimate of drug-likeness (QED) is 0.858. The van der Waals surface area contributed by atoms with Gasteiger partial charge in [-0.05, 0) is 17.7 Å². The molecule has 0 saturated carbocycles. The second-order valence-corrected chi connectivity index (χ2v) is 5.52. The van der Waals surface area contributed by atoms with Gasteiger partial charge >= 0.3 is 12.2 Å². The van der Waals surface area contributed by atoms with E-state index in [0.29, 0.717) is 17.1 Å². The van der Waals surface area contributed by atoms with Crippen LogP contribution in [0.1, 0.15) is 18.0 Å². The van der Waals surface area contributed by atoms with Crippen molar-refractivity contribution in [3.05, 3.63) is 34.9 Å². The van der Waals surface area contributed by atoms with Gasteiger partial charge in [0.15, 0.2) is 0 Å². The van der Waals surface area contributed by atoms with Crippen LogP contribution in [-0.4, -0.2) is 42.6 Å². The number of benzene rings is 1. The molecule has 5 nitrogen and oxygen atoms in total. The van der Waals surface area contributed by atoms with Crippen LogP contribution in [0, 0.1) is 0 Å². The molecule has 2 N–H and O–H groups in total. The highest BCUT2D eigenvalue weighted by Crippen LogP contribution is 2.30. The fourth-order valence-electron chi connectivity index (χ4n) is 2.25. The van der Waals surface area contributed by atoms with Crippen LogP contribution in [0.25, 0.3) is 0 Å². The van der Waals surface area contributed by atoms with Crippen molar-refractivity contribution in [2.45, 2.75) is 18.6 Å². The third-order valence-corrected chi connectivity index (χ3v) is 3.62. The van der Waals surface area contributed by atoms with Crippen molar-refractivity contribution in [3.8, 4) is 0 Å². The van der Waals surface area contributed by atoms with Gasteiger partial charge in [0, 0.05) is 24.2 Å². The van der Waals surface area contributed by atoms with Crippen LogP contribution in [0.5, 0.6) is 0 Å². The van der Waals surface area contributed by atoms with Crippen molar-refractivity contribution >= 4 is 23.5 Å². The molecule has 1 aliphatic rings. The first-order valence-electron chi connectivity index (χ1n) is 6.90. The number of halogens is 4. The predicted molar refractivity (Wildman–Crippen MR) is 78.0 cm³/mol. The maximum atomic E-state index is 12.7. The summed E-state index contributed by atoms with van der Waals surface area (Å²) in [6, 6.07) is 4.28. The number of hydrogen-bond acceptors (Lipinski definition) is 3. The third-order valence-electron chi connectivity index (χ3n) is 3.37. The SMILES string of the molecule is O=C(CN[C@@H](CC(F)(F)F)c1ccc(Cl)cc1)N1CCNC1=O. The van der Waals surface area contributed by atoms with E-state index >= 15 is 0 Å². The molecule has 0 aromatic heterocycles. The summed E-state index contributed by atoms with van der Waals surface area (Å²) in [5.74, 6) is -0.568. The van der Waals surface area contributed by atoms with Crippen LogP contribution in [0.4, 0.5) is 18.0 Å². The molecule has 126 valence electrons. The Morgan fingerprint density at radius 3 is 2.52 bits per heavy atom. The monoisotopic (exact) mass is 349 g/mol. The predicted octanol–water partition coefficient (Wildman–Crippen LogP) is 2.47. The van der Waals surface area contributed by atoms with E-state index in [4.69, 9.17) is 11.6 Å². The van der Waals surface area contributed by atoms with Gasteiger partial charge in [-0.25, -0.2) is 4.79 Å². The Morgan fingerprint density at radius 2 is 2.00 bits per heavy atom. The first kappa shape index (κ1) is 17.6. The molecule has 1 heterocycles. The lowest BCUT2D eigenvalue weighted by atomic mass is 10.0. The number of nitrogens with zero attached hydrogens (tertiary/aromatic N) is 1. The van der Waals surface area contributed by atoms with Crippen molar-refractivity contribution in [2.24, 2.45) is 0 Å². The van der Waals surface area contributed by atoms with E-state index in [0.717, 1.165) is 4.90 Å². The van der Waals surface area contributed by atoms with Gasteiger partial charge in [-0.3, -0.25) is 9.69 Å². The molecule has 0 bridgehead atoms. The van der Waals surface area contributed by atoms with Gasteiger partial charge in [0.2, 0.25) is 5.91 Å². The number of nitrogens with one attached hydrogen (secondary N) is 2. The van der Waals surface area contributed by atoms with Gasteiger partial charge in [0.05, 0.1) is 13.0 Å². The summed E-state index contributed by atoms with van der Waals surface area (Å²) in [5, 5.41) is 5.44. The molecular weight excluding hydrogens is 335 g/mol. The highest BCUT2D eigenvalue weighted by molar-refractivity contribution is 6.30. The third kappa shape index (κ3) is 5.11. The number of alkyl halides is 3. The van der Waals surface area contributed by atoms with Crippen molar-refractivity contribution < 1.29 is 22.8 Å². The number of imide groups is 1. The molecule has 1 atom stereocenters. The van der Waals surface area contributed by atoms with Crippen LogP contribution < -0.4 is 10.6 Å². The first-order chi connectivity index (χ1) is 10.8. The Balaban J connectivity index is 2.04. The fourth-order valence-corrected chi connectivity index (χ4v) is 2.38. The summed E-state index contributed by atoms with van der Waals surface area (Å²) < 4.78 is 38.2. The van der Waals surface area contributed by atoms with Crippen LogP contribution in [0.15, 0.2) is 24.3 Å². The summed E-state index contributed by atoms with van der Waals surface area (Å²) in [6.45, 7) is 0.189. The lowest BCUT2D eigenvalue weighted by Gasteiger charge is -2.22. The van der Waals surface area contributed by atoms with E-state index in [2.05, 4.69) is 10.6 Å². The molecule has 0 aliphatic carbocycles. The zero-order valence-corrected chi connectivity index (χ0v) is 12.7. The maximum Gasteiger partial charge on any atom is 0.390 e. The van der Waals surface area contributed by atoms with E-state index in [1.165, 1.54) is 24.3 Å². The Morgan fingerprint density at radius 1 is 1.35 bits per heavy atom. The summed E-state index contributed by atoms with van der Waals surface area (Å²) in [5.41, 5.74) is 0.366. The van der Waals surface area contributed by atoms with Gasteiger partial charge in [0.25, 0.3) is 0 Å². The highest BCUT2D eigenvalue weighted by atomic mass is 35.5.